The van der Waals surface area contributed by atoms with Gasteiger partial charge in [0.25, 0.3) is 0 Å². The Kier molecular flexibility index (Phi) is 11.8. The van der Waals surface area contributed by atoms with Crippen LogP contribution in [0.25, 0.3) is 0 Å². The fraction of sp³-hybridized carbons (Fsp3) is 0.933. The van der Waals surface area contributed by atoms with Gasteiger partial charge in [0, 0.05) is 0 Å². The average molecular weight is 340 g/mol. The number of alkyl halides is 1. The molecule has 0 radical (unpaired) electrons. The molecule has 5 nitrogen and oxygen atoms in total. The van der Waals surface area contributed by atoms with Crippen molar-refractivity contribution in [3.05, 3.63) is 0 Å². The van der Waals surface area contributed by atoms with Crippen molar-refractivity contribution in [2.75, 3.05) is 26.5 Å². The molecule has 0 unspecified atom stereocenters. The van der Waals surface area contributed by atoms with Crippen LogP contribution < -0.4 is 0 Å². The van der Waals surface area contributed by atoms with Gasteiger partial charge in [0.05, 0.1) is 38.6 Å². The molecule has 0 bridgehead atoms. The van der Waals surface area contributed by atoms with Gasteiger partial charge >= 0.3 is 13.6 Å². The number of unbranched alkanes of at least 4 members (excludes halogenated alkanes) is 2. The summed E-state index contributed by atoms with van der Waals surface area (Å²) in [7, 11) is -2.19. The lowest BCUT2D eigenvalue weighted by Gasteiger charge is -2.23. The van der Waals surface area contributed by atoms with Crippen LogP contribution in [-0.2, 0) is 23.1 Å². The highest BCUT2D eigenvalue weighted by atomic mass is 31.2. The zero-order valence-corrected chi connectivity index (χ0v) is 15.1. The zero-order chi connectivity index (χ0) is 17.0. The average Bonchev–Trinajstić information content (AvgIpc) is 2.46. The maximum Gasteiger partial charge on any atom is 0.331 e. The number of hydrogen-bond acceptors (Lipinski definition) is 5. The Balaban J connectivity index is 4.85. The highest BCUT2D eigenvalue weighted by Gasteiger charge is 2.34. The van der Waals surface area contributed by atoms with Crippen LogP contribution in [0.5, 0.6) is 0 Å². The molecule has 0 amide bonds. The third kappa shape index (κ3) is 9.54. The number of halogens is 1. The summed E-state index contributed by atoms with van der Waals surface area (Å²) in [4.78, 5) is 11.8. The van der Waals surface area contributed by atoms with E-state index >= 15 is 0 Å². The number of carbonyl (C=O) groups is 1. The van der Waals surface area contributed by atoms with Crippen molar-refractivity contribution < 1.29 is 27.5 Å². The fourth-order valence-corrected chi connectivity index (χ4v) is 3.85. The summed E-state index contributed by atoms with van der Waals surface area (Å²) in [6, 6.07) is 0. The Morgan fingerprint density at radius 2 is 1.64 bits per heavy atom. The van der Waals surface area contributed by atoms with Crippen LogP contribution in [0.15, 0.2) is 0 Å². The Hall–Kier alpha value is -0.450. The zero-order valence-electron chi connectivity index (χ0n) is 14.2. The number of rotatable bonds is 13. The molecule has 22 heavy (non-hydrogen) atoms. The summed E-state index contributed by atoms with van der Waals surface area (Å²) in [6.07, 6.45) is 1.93. The van der Waals surface area contributed by atoms with Crippen molar-refractivity contribution in [2.24, 2.45) is 5.92 Å². The third-order valence-electron chi connectivity index (χ3n) is 3.16. The molecule has 0 N–H and O–H groups in total. The van der Waals surface area contributed by atoms with Crippen molar-refractivity contribution in [1.82, 2.24) is 0 Å². The van der Waals surface area contributed by atoms with Crippen LogP contribution >= 0.6 is 7.60 Å². The minimum absolute atomic E-state index is 0.0507. The lowest BCUT2D eigenvalue weighted by molar-refractivity contribution is -0.145. The summed E-state index contributed by atoms with van der Waals surface area (Å²) in [6.45, 7) is 5.96. The second kappa shape index (κ2) is 12.0. The van der Waals surface area contributed by atoms with Gasteiger partial charge in [0.1, 0.15) is 0 Å². The van der Waals surface area contributed by atoms with Gasteiger partial charge in [-0.1, -0.05) is 26.7 Å². The van der Waals surface area contributed by atoms with Crippen molar-refractivity contribution in [2.45, 2.75) is 59.0 Å². The number of methoxy groups -OCH3 is 1. The highest BCUT2D eigenvalue weighted by Crippen LogP contribution is 2.50. The van der Waals surface area contributed by atoms with E-state index in [1.165, 1.54) is 14.0 Å². The number of hydrogen-bond donors (Lipinski definition) is 0. The monoisotopic (exact) mass is 340 g/mol. The molecule has 0 aliphatic carbocycles. The molecule has 0 saturated heterocycles. The SMILES string of the molecule is CCCCOP(=O)(C[C@@H](C[C@@H](C)F)C(=O)OC)OCCCC. The Morgan fingerprint density at radius 3 is 2.00 bits per heavy atom. The first-order chi connectivity index (χ1) is 10.4. The lowest BCUT2D eigenvalue weighted by atomic mass is 10.1. The summed E-state index contributed by atoms with van der Waals surface area (Å²) in [5.41, 5.74) is 0. The number of carbonyl (C=O) groups excluding carboxylic acids is 1. The van der Waals surface area contributed by atoms with Crippen LogP contribution in [0.2, 0.25) is 0 Å². The highest BCUT2D eigenvalue weighted by molar-refractivity contribution is 7.53. The van der Waals surface area contributed by atoms with Crippen molar-refractivity contribution >= 4 is 13.6 Å². The molecule has 0 aliphatic rings. The molecule has 132 valence electrons. The molecule has 0 aliphatic heterocycles. The van der Waals surface area contributed by atoms with E-state index in [4.69, 9.17) is 9.05 Å². The Labute approximate surface area is 133 Å². The predicted octanol–water partition coefficient (Wildman–Crippen LogP) is 4.35. The third-order valence-corrected chi connectivity index (χ3v) is 5.20. The molecule has 0 spiro atoms. The first-order valence-electron chi connectivity index (χ1n) is 7.98. The summed E-state index contributed by atoms with van der Waals surface area (Å²) in [5.74, 6) is -1.40. The summed E-state index contributed by atoms with van der Waals surface area (Å²) >= 11 is 0. The largest absolute Gasteiger partial charge is 0.469 e. The molecule has 0 fully saturated rings. The van der Waals surface area contributed by atoms with E-state index in [2.05, 4.69) is 4.74 Å². The molecular formula is C15H30FO5P. The van der Waals surface area contributed by atoms with Gasteiger partial charge in [-0.05, 0) is 26.2 Å². The molecule has 0 heterocycles. The van der Waals surface area contributed by atoms with Gasteiger partial charge in [0.2, 0.25) is 0 Å². The van der Waals surface area contributed by atoms with Gasteiger partial charge in [-0.25, -0.2) is 4.39 Å². The van der Waals surface area contributed by atoms with E-state index in [-0.39, 0.29) is 12.6 Å². The van der Waals surface area contributed by atoms with Crippen molar-refractivity contribution in [1.29, 1.82) is 0 Å². The van der Waals surface area contributed by atoms with Gasteiger partial charge in [0.15, 0.2) is 0 Å². The second-order valence-corrected chi connectivity index (χ2v) is 7.51. The Morgan fingerprint density at radius 1 is 1.14 bits per heavy atom. The molecule has 0 aromatic carbocycles. The predicted molar refractivity (Wildman–Crippen MR) is 84.9 cm³/mol. The van der Waals surface area contributed by atoms with Crippen LogP contribution in [-0.4, -0.2) is 38.6 Å². The van der Waals surface area contributed by atoms with E-state index in [0.29, 0.717) is 13.2 Å². The second-order valence-electron chi connectivity index (χ2n) is 5.40. The number of esters is 1. The number of ether oxygens (including phenoxy) is 1. The van der Waals surface area contributed by atoms with E-state index < -0.39 is 25.7 Å². The molecule has 0 rings (SSSR count). The van der Waals surface area contributed by atoms with Gasteiger partial charge in [-0.3, -0.25) is 9.36 Å². The first kappa shape index (κ1) is 21.6. The topological polar surface area (TPSA) is 61.8 Å². The summed E-state index contributed by atoms with van der Waals surface area (Å²) in [5, 5.41) is 0. The van der Waals surface area contributed by atoms with Gasteiger partial charge in [-0.15, -0.1) is 0 Å². The van der Waals surface area contributed by atoms with Crippen LogP contribution in [0.1, 0.15) is 52.9 Å². The molecule has 0 aromatic heterocycles. The quantitative estimate of drug-likeness (QED) is 0.283. The van der Waals surface area contributed by atoms with Crippen LogP contribution in [0.4, 0.5) is 4.39 Å². The molecule has 2 atom stereocenters. The smallest absolute Gasteiger partial charge is 0.331 e. The molecular weight excluding hydrogens is 310 g/mol. The van der Waals surface area contributed by atoms with Gasteiger partial charge in [-0.2, -0.15) is 0 Å². The fourth-order valence-electron chi connectivity index (χ4n) is 1.91. The lowest BCUT2D eigenvalue weighted by Crippen LogP contribution is -2.24. The molecule has 0 aromatic rings. The van der Waals surface area contributed by atoms with Crippen molar-refractivity contribution in [3.8, 4) is 0 Å². The standard InChI is InChI=1S/C15H30FO5P/c1-5-7-9-20-22(18,21-10-8-6-2)12-14(11-13(3)16)15(17)19-4/h13-14H,5-12H2,1-4H3/t13-,14-/m1/s1. The van der Waals surface area contributed by atoms with E-state index in [1.807, 2.05) is 13.8 Å². The van der Waals surface area contributed by atoms with Crippen molar-refractivity contribution in [3.63, 3.8) is 0 Å². The van der Waals surface area contributed by atoms with Crippen LogP contribution in [0, 0.1) is 5.92 Å². The van der Waals surface area contributed by atoms with E-state index in [1.54, 1.807) is 0 Å². The maximum atomic E-state index is 13.3. The first-order valence-corrected chi connectivity index (χ1v) is 9.71. The minimum Gasteiger partial charge on any atom is -0.469 e. The molecule has 0 saturated carbocycles. The molecule has 7 heteroatoms. The van der Waals surface area contributed by atoms with E-state index in [0.717, 1.165) is 25.7 Å². The van der Waals surface area contributed by atoms with Crippen LogP contribution in [0.3, 0.4) is 0 Å². The Bertz CT molecular complexity index is 335. The van der Waals surface area contributed by atoms with Gasteiger partial charge < -0.3 is 13.8 Å². The minimum atomic E-state index is -3.43. The summed E-state index contributed by atoms with van der Waals surface area (Å²) < 4.78 is 41.6. The maximum absolute atomic E-state index is 13.3. The normalized spacial score (nSPS) is 14.6. The van der Waals surface area contributed by atoms with E-state index in [9.17, 15) is 13.8 Å².